The van der Waals surface area contributed by atoms with Crippen LogP contribution in [-0.4, -0.2) is 35.6 Å². The number of carbonyl (C=O) groups excluding carboxylic acids is 1. The van der Waals surface area contributed by atoms with E-state index in [0.717, 1.165) is 43.7 Å². The van der Waals surface area contributed by atoms with Gasteiger partial charge >= 0.3 is 0 Å². The van der Waals surface area contributed by atoms with Crippen molar-refractivity contribution in [3.63, 3.8) is 0 Å². The highest BCUT2D eigenvalue weighted by atomic mass is 32.1. The molecule has 1 aliphatic rings. The summed E-state index contributed by atoms with van der Waals surface area (Å²) in [5.74, 6) is 0.429. The summed E-state index contributed by atoms with van der Waals surface area (Å²) >= 11 is 1.75. The molecule has 2 aromatic rings. The van der Waals surface area contributed by atoms with Gasteiger partial charge in [-0.2, -0.15) is 0 Å². The normalized spacial score (nSPS) is 15.5. The summed E-state index contributed by atoms with van der Waals surface area (Å²) < 4.78 is 0. The zero-order chi connectivity index (χ0) is 16.9. The smallest absolute Gasteiger partial charge is 0.253 e. The number of piperidine rings is 1. The second-order valence-corrected chi connectivity index (χ2v) is 7.38. The summed E-state index contributed by atoms with van der Waals surface area (Å²) in [6.07, 6.45) is 1.77. The summed E-state index contributed by atoms with van der Waals surface area (Å²) in [5.41, 5.74) is 3.00. The second-order valence-electron chi connectivity index (χ2n) is 6.38. The van der Waals surface area contributed by atoms with Gasteiger partial charge < -0.3 is 15.3 Å². The summed E-state index contributed by atoms with van der Waals surface area (Å²) in [6.45, 7) is 4.59. The number of thiophene rings is 1. The molecule has 1 fully saturated rings. The standard InChI is InChI=1S/C19H24N2O2S/c1-14-7-10-24-18(14)12-20-17-4-2-3-16(11-17)19(23)21-8-5-15(13-22)6-9-21/h2-4,7,10-11,15,20,22H,5-6,8-9,12-13H2,1H3. The quantitative estimate of drug-likeness (QED) is 0.873. The molecule has 0 atom stereocenters. The molecule has 24 heavy (non-hydrogen) atoms. The van der Waals surface area contributed by atoms with Crippen LogP contribution in [0, 0.1) is 12.8 Å². The van der Waals surface area contributed by atoms with E-state index in [2.05, 4.69) is 23.7 Å². The van der Waals surface area contributed by atoms with E-state index in [1.807, 2.05) is 29.2 Å². The van der Waals surface area contributed by atoms with E-state index in [1.54, 1.807) is 11.3 Å². The minimum Gasteiger partial charge on any atom is -0.396 e. The average Bonchev–Trinajstić information content (AvgIpc) is 3.04. The van der Waals surface area contributed by atoms with Crippen LogP contribution in [0.25, 0.3) is 0 Å². The Balaban J connectivity index is 1.62. The predicted molar refractivity (Wildman–Crippen MR) is 98.5 cm³/mol. The van der Waals surface area contributed by atoms with Gasteiger partial charge in [0.25, 0.3) is 5.91 Å². The first-order valence-electron chi connectivity index (χ1n) is 8.44. The Hall–Kier alpha value is -1.85. The Morgan fingerprint density at radius 2 is 2.12 bits per heavy atom. The first-order chi connectivity index (χ1) is 11.7. The summed E-state index contributed by atoms with van der Waals surface area (Å²) in [4.78, 5) is 15.9. The monoisotopic (exact) mass is 344 g/mol. The molecule has 1 aromatic carbocycles. The van der Waals surface area contributed by atoms with Crippen LogP contribution in [0.2, 0.25) is 0 Å². The lowest BCUT2D eigenvalue weighted by atomic mass is 9.97. The third-order valence-corrected chi connectivity index (χ3v) is 5.71. The third kappa shape index (κ3) is 3.97. The van der Waals surface area contributed by atoms with Crippen molar-refractivity contribution < 1.29 is 9.90 Å². The van der Waals surface area contributed by atoms with Gasteiger partial charge in [0.15, 0.2) is 0 Å². The number of hydrogen-bond acceptors (Lipinski definition) is 4. The van der Waals surface area contributed by atoms with Crippen molar-refractivity contribution in [2.45, 2.75) is 26.3 Å². The van der Waals surface area contributed by atoms with E-state index in [0.29, 0.717) is 5.92 Å². The maximum absolute atomic E-state index is 12.7. The molecule has 2 N–H and O–H groups in total. The van der Waals surface area contributed by atoms with Gasteiger partial charge in [0.1, 0.15) is 0 Å². The van der Waals surface area contributed by atoms with E-state index in [9.17, 15) is 9.90 Å². The molecule has 128 valence electrons. The average molecular weight is 344 g/mol. The van der Waals surface area contributed by atoms with Gasteiger partial charge in [-0.1, -0.05) is 6.07 Å². The van der Waals surface area contributed by atoms with Crippen LogP contribution in [0.15, 0.2) is 35.7 Å². The fraction of sp³-hybridized carbons (Fsp3) is 0.421. The molecule has 1 amide bonds. The number of likely N-dealkylation sites (tertiary alicyclic amines) is 1. The molecular weight excluding hydrogens is 320 g/mol. The number of rotatable bonds is 5. The van der Waals surface area contributed by atoms with Gasteiger partial charge in [0.2, 0.25) is 0 Å². The minimum atomic E-state index is 0.0855. The Morgan fingerprint density at radius 1 is 1.33 bits per heavy atom. The summed E-state index contributed by atoms with van der Waals surface area (Å²) in [5, 5.41) is 14.7. The zero-order valence-corrected chi connectivity index (χ0v) is 14.8. The van der Waals surface area contributed by atoms with E-state index in [1.165, 1.54) is 10.4 Å². The molecule has 0 unspecified atom stereocenters. The molecule has 0 spiro atoms. The first kappa shape index (κ1) is 17.0. The third-order valence-electron chi connectivity index (χ3n) is 4.69. The second kappa shape index (κ2) is 7.81. The maximum atomic E-state index is 12.7. The number of aliphatic hydroxyl groups is 1. The van der Waals surface area contributed by atoms with E-state index < -0.39 is 0 Å². The highest BCUT2D eigenvalue weighted by Gasteiger charge is 2.23. The lowest BCUT2D eigenvalue weighted by Gasteiger charge is -2.31. The van der Waals surface area contributed by atoms with Crippen LogP contribution in [0.4, 0.5) is 5.69 Å². The molecule has 1 aromatic heterocycles. The van der Waals surface area contributed by atoms with Crippen molar-refractivity contribution in [3.05, 3.63) is 51.7 Å². The molecule has 4 nitrogen and oxygen atoms in total. The molecule has 2 heterocycles. The number of amides is 1. The van der Waals surface area contributed by atoms with Crippen molar-refractivity contribution >= 4 is 22.9 Å². The molecule has 0 aliphatic carbocycles. The molecule has 0 saturated carbocycles. The molecular formula is C19H24N2O2S. The van der Waals surface area contributed by atoms with Crippen molar-refractivity contribution in [3.8, 4) is 0 Å². The highest BCUT2D eigenvalue weighted by Crippen LogP contribution is 2.21. The number of anilines is 1. The van der Waals surface area contributed by atoms with Crippen molar-refractivity contribution in [2.75, 3.05) is 25.0 Å². The predicted octanol–water partition coefficient (Wildman–Crippen LogP) is 3.51. The first-order valence-corrected chi connectivity index (χ1v) is 9.32. The number of benzene rings is 1. The van der Waals surface area contributed by atoms with Crippen LogP contribution in [0.3, 0.4) is 0 Å². The lowest BCUT2D eigenvalue weighted by molar-refractivity contribution is 0.0651. The fourth-order valence-electron chi connectivity index (χ4n) is 3.03. The number of carbonyl (C=O) groups is 1. The molecule has 3 rings (SSSR count). The van der Waals surface area contributed by atoms with Crippen LogP contribution in [-0.2, 0) is 6.54 Å². The van der Waals surface area contributed by atoms with Crippen LogP contribution in [0.1, 0.15) is 33.6 Å². The number of aryl methyl sites for hydroxylation is 1. The Labute approximate surface area is 147 Å². The van der Waals surface area contributed by atoms with E-state index in [4.69, 9.17) is 0 Å². The van der Waals surface area contributed by atoms with E-state index in [-0.39, 0.29) is 12.5 Å². The van der Waals surface area contributed by atoms with Gasteiger partial charge in [-0.3, -0.25) is 4.79 Å². The number of nitrogens with zero attached hydrogens (tertiary/aromatic N) is 1. The topological polar surface area (TPSA) is 52.6 Å². The maximum Gasteiger partial charge on any atom is 0.253 e. The van der Waals surface area contributed by atoms with E-state index >= 15 is 0 Å². The number of nitrogens with one attached hydrogen (secondary N) is 1. The Bertz CT molecular complexity index is 690. The lowest BCUT2D eigenvalue weighted by Crippen LogP contribution is -2.39. The van der Waals surface area contributed by atoms with Gasteiger partial charge in [-0.05, 0) is 60.9 Å². The van der Waals surface area contributed by atoms with Crippen molar-refractivity contribution in [1.29, 1.82) is 0 Å². The summed E-state index contributed by atoms with van der Waals surface area (Å²) in [7, 11) is 0. The largest absolute Gasteiger partial charge is 0.396 e. The van der Waals surface area contributed by atoms with Crippen molar-refractivity contribution in [2.24, 2.45) is 5.92 Å². The van der Waals surface area contributed by atoms with Gasteiger partial charge in [-0.25, -0.2) is 0 Å². The SMILES string of the molecule is Cc1ccsc1CNc1cccc(C(=O)N2CCC(CO)CC2)c1. The molecule has 0 bridgehead atoms. The van der Waals surface area contributed by atoms with Crippen LogP contribution in [0.5, 0.6) is 0 Å². The Morgan fingerprint density at radius 3 is 2.79 bits per heavy atom. The van der Waals surface area contributed by atoms with Gasteiger partial charge in [0, 0.05) is 42.4 Å². The molecule has 0 radical (unpaired) electrons. The van der Waals surface area contributed by atoms with Gasteiger partial charge in [-0.15, -0.1) is 11.3 Å². The molecule has 1 saturated heterocycles. The van der Waals surface area contributed by atoms with Crippen LogP contribution < -0.4 is 5.32 Å². The van der Waals surface area contributed by atoms with Crippen molar-refractivity contribution in [1.82, 2.24) is 4.90 Å². The van der Waals surface area contributed by atoms with Crippen LogP contribution >= 0.6 is 11.3 Å². The molecule has 1 aliphatic heterocycles. The summed E-state index contributed by atoms with van der Waals surface area (Å²) in [6, 6.07) is 9.86. The van der Waals surface area contributed by atoms with Gasteiger partial charge in [0.05, 0.1) is 0 Å². The fourth-order valence-corrected chi connectivity index (χ4v) is 3.88. The highest BCUT2D eigenvalue weighted by molar-refractivity contribution is 7.10. The number of hydrogen-bond donors (Lipinski definition) is 2. The Kier molecular flexibility index (Phi) is 5.53. The zero-order valence-electron chi connectivity index (χ0n) is 14.0. The number of aliphatic hydroxyl groups excluding tert-OH is 1. The molecule has 5 heteroatoms. The minimum absolute atomic E-state index is 0.0855.